The van der Waals surface area contributed by atoms with Crippen LogP contribution < -0.4 is 4.74 Å². The molecule has 0 fully saturated rings. The van der Waals surface area contributed by atoms with E-state index in [4.69, 9.17) is 4.74 Å². The molecule has 0 spiro atoms. The molecule has 4 aromatic rings. The maximum Gasteiger partial charge on any atom is 0.343 e. The number of nitrogens with zero attached hydrogens (tertiary/aromatic N) is 2. The molecule has 3 heterocycles. The highest BCUT2D eigenvalue weighted by Gasteiger charge is 2.52. The monoisotopic (exact) mass is 565 g/mol. The van der Waals surface area contributed by atoms with Gasteiger partial charge in [0.2, 0.25) is 0 Å². The predicted molar refractivity (Wildman–Crippen MR) is 156 cm³/mol. The fourth-order valence-corrected chi connectivity index (χ4v) is 14.3. The number of benzene rings is 1. The van der Waals surface area contributed by atoms with Gasteiger partial charge in [0, 0.05) is 52.4 Å². The number of fused-ring (bicyclic) bond motifs is 1. The number of halogens is 2. The minimum absolute atomic E-state index is 0.0298. The molecule has 0 radical (unpaired) electrons. The molecule has 0 aliphatic rings. The van der Waals surface area contributed by atoms with Gasteiger partial charge in [0.25, 0.3) is 0 Å². The van der Waals surface area contributed by atoms with E-state index in [1.165, 1.54) is 19.2 Å². The second-order valence-corrected chi connectivity index (χ2v) is 17.2. The topological polar surface area (TPSA) is 77.1 Å². The van der Waals surface area contributed by atoms with E-state index in [0.29, 0.717) is 5.65 Å². The van der Waals surface area contributed by atoms with Crippen LogP contribution in [-0.4, -0.2) is 42.7 Å². The second kappa shape index (κ2) is 11.9. The highest BCUT2D eigenvalue weighted by atomic mass is 28.3. The van der Waals surface area contributed by atoms with Crippen molar-refractivity contribution in [1.29, 1.82) is 0 Å². The highest BCUT2D eigenvalue weighted by molar-refractivity contribution is 6.85. The third kappa shape index (κ3) is 5.14. The Morgan fingerprint density at radius 3 is 2.30 bits per heavy atom. The number of H-pyrrole nitrogens is 1. The van der Waals surface area contributed by atoms with Gasteiger partial charge in [0.15, 0.2) is 18.2 Å². The van der Waals surface area contributed by atoms with E-state index in [1.54, 1.807) is 18.6 Å². The molecule has 4 rings (SSSR count). The van der Waals surface area contributed by atoms with Gasteiger partial charge in [-0.05, 0) is 46.5 Å². The van der Waals surface area contributed by atoms with Gasteiger partial charge in [-0.1, -0.05) is 47.6 Å². The summed E-state index contributed by atoms with van der Waals surface area (Å²) < 4.78 is 42.6. The number of carbonyl (C=O) groups excluding carboxylic acids is 1. The predicted octanol–water partition coefficient (Wildman–Crippen LogP) is 7.80. The fourth-order valence-electron chi connectivity index (χ4n) is 6.75. The normalized spacial score (nSPS) is 12.9. The standard InChI is InChI=1S/C31H37F2N3O3Si/c1-18(2)40(19(3)4,20(5)6)30(28-25(32)10-11-26(29(28)33)39-17-27(37)38-7)24-16-36-31-23(24)13-22(15-35-31)21-9-8-12-34-14-21/h8-16,18-20,30H,17H2,1-7H3,(H,35,36). The highest BCUT2D eigenvalue weighted by Crippen LogP contribution is 2.55. The summed E-state index contributed by atoms with van der Waals surface area (Å²) in [6.07, 6.45) is 7.10. The van der Waals surface area contributed by atoms with E-state index in [2.05, 4.69) is 61.2 Å². The number of hydrogen-bond acceptors (Lipinski definition) is 5. The van der Waals surface area contributed by atoms with Crippen molar-refractivity contribution in [1.82, 2.24) is 15.0 Å². The van der Waals surface area contributed by atoms with Crippen LogP contribution in [0.1, 0.15) is 58.2 Å². The van der Waals surface area contributed by atoms with E-state index in [1.807, 2.05) is 24.4 Å². The first-order chi connectivity index (χ1) is 19.0. The van der Waals surface area contributed by atoms with E-state index >= 15 is 8.78 Å². The Balaban J connectivity index is 2.04. The van der Waals surface area contributed by atoms with Crippen molar-refractivity contribution in [2.75, 3.05) is 13.7 Å². The fraction of sp³-hybridized carbons (Fsp3) is 0.387. The third-order valence-corrected chi connectivity index (χ3v) is 15.9. The summed E-state index contributed by atoms with van der Waals surface area (Å²) in [5, 5.41) is 0.810. The number of aromatic amines is 1. The number of aromatic nitrogens is 3. The Labute approximate surface area is 235 Å². The summed E-state index contributed by atoms with van der Waals surface area (Å²) in [6.45, 7) is 12.5. The Morgan fingerprint density at radius 2 is 1.70 bits per heavy atom. The van der Waals surface area contributed by atoms with Crippen molar-refractivity contribution in [2.45, 2.75) is 63.7 Å². The smallest absolute Gasteiger partial charge is 0.343 e. The van der Waals surface area contributed by atoms with Gasteiger partial charge in [0.05, 0.1) is 15.2 Å². The van der Waals surface area contributed by atoms with Crippen molar-refractivity contribution in [2.24, 2.45) is 0 Å². The van der Waals surface area contributed by atoms with E-state index in [0.717, 1.165) is 22.1 Å². The number of nitrogens with one attached hydrogen (secondary N) is 1. The Bertz CT molecular complexity index is 1470. The average Bonchev–Trinajstić information content (AvgIpc) is 3.34. The molecular formula is C31H37F2N3O3Si. The summed E-state index contributed by atoms with van der Waals surface area (Å²) in [5.74, 6) is -2.27. The van der Waals surface area contributed by atoms with Crippen molar-refractivity contribution < 1.29 is 23.0 Å². The van der Waals surface area contributed by atoms with E-state index in [9.17, 15) is 4.79 Å². The molecule has 3 aromatic heterocycles. The molecule has 0 saturated carbocycles. The molecule has 0 amide bonds. The number of pyridine rings is 2. The van der Waals surface area contributed by atoms with Crippen molar-refractivity contribution in [3.05, 3.63) is 77.9 Å². The van der Waals surface area contributed by atoms with Crippen molar-refractivity contribution >= 4 is 25.1 Å². The molecule has 0 aliphatic heterocycles. The zero-order chi connectivity index (χ0) is 29.2. The van der Waals surface area contributed by atoms with E-state index < -0.39 is 37.8 Å². The Kier molecular flexibility index (Phi) is 8.73. The molecule has 0 saturated heterocycles. The molecule has 0 bridgehead atoms. The average molecular weight is 566 g/mol. The van der Waals surface area contributed by atoms with Crippen molar-refractivity contribution in [3.8, 4) is 16.9 Å². The summed E-state index contributed by atoms with van der Waals surface area (Å²) in [5.41, 5.74) is 3.14. The van der Waals surface area contributed by atoms with Gasteiger partial charge >= 0.3 is 5.97 Å². The van der Waals surface area contributed by atoms with Crippen molar-refractivity contribution in [3.63, 3.8) is 0 Å². The number of hydrogen-bond donors (Lipinski definition) is 1. The Morgan fingerprint density at radius 1 is 1.00 bits per heavy atom. The molecule has 1 N–H and O–H groups in total. The summed E-state index contributed by atoms with van der Waals surface area (Å²) in [4.78, 5) is 23.9. The lowest BCUT2D eigenvalue weighted by Gasteiger charge is -2.49. The van der Waals surface area contributed by atoms with Crippen LogP contribution >= 0.6 is 0 Å². The van der Waals surface area contributed by atoms with Crippen LogP contribution in [0, 0.1) is 11.6 Å². The van der Waals surface area contributed by atoms with Gasteiger partial charge in [-0.25, -0.2) is 18.6 Å². The number of ether oxygens (including phenoxy) is 2. The van der Waals surface area contributed by atoms with Crippen LogP contribution in [0.2, 0.25) is 16.6 Å². The van der Waals surface area contributed by atoms with Gasteiger partial charge < -0.3 is 14.5 Å². The van der Waals surface area contributed by atoms with Crippen LogP contribution in [-0.2, 0) is 9.53 Å². The summed E-state index contributed by atoms with van der Waals surface area (Å²) in [7, 11) is -1.41. The number of carbonyl (C=O) groups is 1. The maximum absolute atomic E-state index is 16.5. The minimum Gasteiger partial charge on any atom is -0.479 e. The SMILES string of the molecule is COC(=O)COc1ccc(F)c(C(c2c[nH]c3ncc(-c4cccnc4)cc23)[Si](C(C)C)(C(C)C)C(C)C)c1F. The van der Waals surface area contributed by atoms with Crippen LogP contribution in [0.15, 0.2) is 55.1 Å². The quantitative estimate of drug-likeness (QED) is 0.157. The molecule has 1 unspecified atom stereocenters. The lowest BCUT2D eigenvalue weighted by molar-refractivity contribution is -0.142. The first-order valence-electron chi connectivity index (χ1n) is 13.6. The summed E-state index contributed by atoms with van der Waals surface area (Å²) in [6, 6.07) is 8.29. The lowest BCUT2D eigenvalue weighted by atomic mass is 10.0. The molecule has 9 heteroatoms. The molecule has 212 valence electrons. The number of esters is 1. The Hall–Kier alpha value is -3.59. The van der Waals surface area contributed by atoms with Crippen LogP contribution in [0.3, 0.4) is 0 Å². The molecule has 0 aliphatic carbocycles. The first kappa shape index (κ1) is 29.4. The van der Waals surface area contributed by atoms with Crippen LogP contribution in [0.25, 0.3) is 22.2 Å². The molecule has 6 nitrogen and oxygen atoms in total. The zero-order valence-electron chi connectivity index (χ0n) is 24.1. The molecule has 40 heavy (non-hydrogen) atoms. The molecule has 1 aromatic carbocycles. The van der Waals surface area contributed by atoms with Gasteiger partial charge in [0.1, 0.15) is 11.5 Å². The van der Waals surface area contributed by atoms with Crippen LogP contribution in [0.4, 0.5) is 8.78 Å². The largest absolute Gasteiger partial charge is 0.479 e. The number of methoxy groups -OCH3 is 1. The maximum atomic E-state index is 16.5. The van der Waals surface area contributed by atoms with E-state index in [-0.39, 0.29) is 27.9 Å². The van der Waals surface area contributed by atoms with Crippen LogP contribution in [0.5, 0.6) is 5.75 Å². The van der Waals surface area contributed by atoms with Gasteiger partial charge in [-0.15, -0.1) is 0 Å². The second-order valence-electron chi connectivity index (χ2n) is 11.1. The third-order valence-electron chi connectivity index (χ3n) is 8.32. The lowest BCUT2D eigenvalue weighted by Crippen LogP contribution is -2.51. The minimum atomic E-state index is -2.64. The molecule has 1 atom stereocenters. The summed E-state index contributed by atoms with van der Waals surface area (Å²) >= 11 is 0. The van der Waals surface area contributed by atoms with Gasteiger partial charge in [-0.3, -0.25) is 4.98 Å². The zero-order valence-corrected chi connectivity index (χ0v) is 25.1. The first-order valence-corrected chi connectivity index (χ1v) is 15.9. The van der Waals surface area contributed by atoms with Gasteiger partial charge in [-0.2, -0.15) is 0 Å². The molecular weight excluding hydrogens is 528 g/mol. The number of rotatable bonds is 10.